The van der Waals surface area contributed by atoms with Crippen LogP contribution in [0.15, 0.2) is 22.8 Å². The lowest BCUT2D eigenvalue weighted by atomic mass is 10.0. The maximum absolute atomic E-state index is 11.7. The molecule has 0 aromatic carbocycles. The maximum Gasteiger partial charge on any atom is 0.222 e. The predicted octanol–water partition coefficient (Wildman–Crippen LogP) is 1.29. The minimum absolute atomic E-state index is 0.0346. The summed E-state index contributed by atoms with van der Waals surface area (Å²) in [6.45, 7) is 0. The summed E-state index contributed by atoms with van der Waals surface area (Å²) in [4.78, 5) is 13.4. The lowest BCUT2D eigenvalue weighted by Crippen LogP contribution is -2.39. The van der Waals surface area contributed by atoms with Gasteiger partial charge in [0.1, 0.15) is 11.8 Å². The molecule has 1 aromatic heterocycles. The highest BCUT2D eigenvalue weighted by Crippen LogP contribution is 2.28. The molecule has 1 fully saturated rings. The molecule has 2 unspecified atom stereocenters. The van der Waals surface area contributed by atoms with Crippen molar-refractivity contribution in [2.45, 2.75) is 31.3 Å². The Bertz CT molecular complexity index is 334. The summed E-state index contributed by atoms with van der Waals surface area (Å²) in [6.07, 6.45) is 3.93. The Balaban J connectivity index is 2.28. The summed E-state index contributed by atoms with van der Waals surface area (Å²) in [5.41, 5.74) is 6.07. The second-order valence-corrected chi connectivity index (χ2v) is 4.02. The van der Waals surface area contributed by atoms with Crippen molar-refractivity contribution < 1.29 is 9.21 Å². The molecule has 0 aliphatic carbocycles. The fourth-order valence-corrected chi connectivity index (χ4v) is 2.13. The lowest BCUT2D eigenvalue weighted by Gasteiger charge is -2.28. The van der Waals surface area contributed by atoms with E-state index in [4.69, 9.17) is 10.2 Å². The van der Waals surface area contributed by atoms with E-state index in [1.165, 1.54) is 0 Å². The van der Waals surface area contributed by atoms with E-state index in [0.717, 1.165) is 18.6 Å². The fourth-order valence-electron chi connectivity index (χ4n) is 2.13. The van der Waals surface area contributed by atoms with E-state index in [1.807, 2.05) is 12.1 Å². The summed E-state index contributed by atoms with van der Waals surface area (Å²) < 4.78 is 5.34. The number of furan rings is 1. The zero-order chi connectivity index (χ0) is 10.8. The highest BCUT2D eigenvalue weighted by molar-refractivity contribution is 5.76. The van der Waals surface area contributed by atoms with Gasteiger partial charge >= 0.3 is 0 Å². The van der Waals surface area contributed by atoms with Crippen molar-refractivity contribution >= 4 is 5.91 Å². The summed E-state index contributed by atoms with van der Waals surface area (Å²) in [6, 6.07) is 3.55. The van der Waals surface area contributed by atoms with E-state index in [-0.39, 0.29) is 18.0 Å². The quantitative estimate of drug-likeness (QED) is 0.756. The normalized spacial score (nSPS) is 27.9. The van der Waals surface area contributed by atoms with Crippen LogP contribution in [0.1, 0.15) is 31.1 Å². The Labute approximate surface area is 89.0 Å². The minimum Gasteiger partial charge on any atom is -0.467 e. The molecule has 4 heteroatoms. The summed E-state index contributed by atoms with van der Waals surface area (Å²) in [5.74, 6) is 0.921. The van der Waals surface area contributed by atoms with Gasteiger partial charge in [-0.05, 0) is 25.0 Å². The van der Waals surface area contributed by atoms with Gasteiger partial charge in [-0.1, -0.05) is 0 Å². The summed E-state index contributed by atoms with van der Waals surface area (Å²) in [5, 5.41) is 0. The van der Waals surface area contributed by atoms with Crippen molar-refractivity contribution in [1.82, 2.24) is 4.90 Å². The second kappa shape index (κ2) is 4.06. The average Bonchev–Trinajstić information content (AvgIpc) is 2.67. The van der Waals surface area contributed by atoms with Crippen LogP contribution in [0.3, 0.4) is 0 Å². The van der Waals surface area contributed by atoms with Crippen molar-refractivity contribution in [2.75, 3.05) is 7.05 Å². The number of likely N-dealkylation sites (N-methyl/N-ethyl adjacent to an activating group) is 1. The molecule has 15 heavy (non-hydrogen) atoms. The highest BCUT2D eigenvalue weighted by Gasteiger charge is 2.31. The van der Waals surface area contributed by atoms with E-state index in [9.17, 15) is 4.79 Å². The molecule has 2 N–H and O–H groups in total. The van der Waals surface area contributed by atoms with E-state index in [0.29, 0.717) is 6.42 Å². The number of hydrogen-bond acceptors (Lipinski definition) is 3. The molecule has 0 spiro atoms. The van der Waals surface area contributed by atoms with Gasteiger partial charge in [-0.3, -0.25) is 4.79 Å². The van der Waals surface area contributed by atoms with Crippen molar-refractivity contribution in [2.24, 2.45) is 5.73 Å². The predicted molar refractivity (Wildman–Crippen MR) is 56.0 cm³/mol. The third-order valence-electron chi connectivity index (χ3n) is 2.98. The highest BCUT2D eigenvalue weighted by atomic mass is 16.3. The maximum atomic E-state index is 11.7. The molecule has 1 amide bonds. The molecular formula is C11H16N2O2. The van der Waals surface area contributed by atoms with Crippen molar-refractivity contribution in [3.63, 3.8) is 0 Å². The Morgan fingerprint density at radius 2 is 2.40 bits per heavy atom. The van der Waals surface area contributed by atoms with Gasteiger partial charge in [0, 0.05) is 19.5 Å². The number of nitrogens with zero attached hydrogens (tertiary/aromatic N) is 1. The Hall–Kier alpha value is -1.29. The smallest absolute Gasteiger partial charge is 0.222 e. The number of carbonyl (C=O) groups is 1. The first-order chi connectivity index (χ1) is 7.20. The van der Waals surface area contributed by atoms with Crippen molar-refractivity contribution in [1.29, 1.82) is 0 Å². The van der Waals surface area contributed by atoms with Crippen LogP contribution < -0.4 is 5.73 Å². The number of rotatable bonds is 1. The molecule has 2 rings (SSSR count). The van der Waals surface area contributed by atoms with Gasteiger partial charge in [0.05, 0.1) is 6.26 Å². The largest absolute Gasteiger partial charge is 0.467 e. The summed E-state index contributed by atoms with van der Waals surface area (Å²) >= 11 is 0. The van der Waals surface area contributed by atoms with Gasteiger partial charge in [0.15, 0.2) is 0 Å². The van der Waals surface area contributed by atoms with Gasteiger partial charge in [0.2, 0.25) is 5.91 Å². The number of likely N-dealkylation sites (tertiary alicyclic amines) is 1. The van der Waals surface area contributed by atoms with E-state index in [2.05, 4.69) is 0 Å². The topological polar surface area (TPSA) is 59.5 Å². The molecule has 2 atom stereocenters. The Morgan fingerprint density at radius 1 is 1.60 bits per heavy atom. The molecule has 1 aliphatic heterocycles. The third-order valence-corrected chi connectivity index (χ3v) is 2.98. The Morgan fingerprint density at radius 3 is 3.07 bits per heavy atom. The van der Waals surface area contributed by atoms with Crippen LogP contribution in [0.2, 0.25) is 0 Å². The molecule has 1 aromatic rings. The van der Waals surface area contributed by atoms with Gasteiger partial charge in [0.25, 0.3) is 0 Å². The standard InChI is InChI=1S/C11H16N2O2/c1-13-10(14)6-2-4-8(12)11(13)9-5-3-7-15-9/h3,5,7-8,11H,2,4,6,12H2,1H3. The first-order valence-electron chi connectivity index (χ1n) is 5.25. The van der Waals surface area contributed by atoms with Crippen LogP contribution in [-0.4, -0.2) is 23.9 Å². The first kappa shape index (κ1) is 10.2. The van der Waals surface area contributed by atoms with Gasteiger partial charge < -0.3 is 15.1 Å². The molecule has 1 aliphatic rings. The van der Waals surface area contributed by atoms with Crippen LogP contribution in [0.4, 0.5) is 0 Å². The van der Waals surface area contributed by atoms with E-state index >= 15 is 0 Å². The molecular weight excluding hydrogens is 192 g/mol. The molecule has 82 valence electrons. The molecule has 0 radical (unpaired) electrons. The SMILES string of the molecule is CN1C(=O)CCCC(N)C1c1ccco1. The Kier molecular flexibility index (Phi) is 2.77. The molecule has 0 saturated carbocycles. The van der Waals surface area contributed by atoms with Crippen molar-refractivity contribution in [3.8, 4) is 0 Å². The zero-order valence-corrected chi connectivity index (χ0v) is 8.85. The third kappa shape index (κ3) is 1.90. The molecule has 4 nitrogen and oxygen atoms in total. The van der Waals surface area contributed by atoms with Gasteiger partial charge in [-0.2, -0.15) is 0 Å². The van der Waals surface area contributed by atoms with Crippen LogP contribution >= 0.6 is 0 Å². The van der Waals surface area contributed by atoms with E-state index < -0.39 is 0 Å². The second-order valence-electron chi connectivity index (χ2n) is 4.02. The number of nitrogens with two attached hydrogens (primary N) is 1. The number of amides is 1. The van der Waals surface area contributed by atoms with Gasteiger partial charge in [-0.25, -0.2) is 0 Å². The van der Waals surface area contributed by atoms with Crippen LogP contribution in [0.25, 0.3) is 0 Å². The van der Waals surface area contributed by atoms with Crippen LogP contribution in [-0.2, 0) is 4.79 Å². The average molecular weight is 208 g/mol. The lowest BCUT2D eigenvalue weighted by molar-refractivity contribution is -0.132. The minimum atomic E-state index is -0.116. The van der Waals surface area contributed by atoms with Gasteiger partial charge in [-0.15, -0.1) is 0 Å². The summed E-state index contributed by atoms with van der Waals surface area (Å²) in [7, 11) is 1.79. The van der Waals surface area contributed by atoms with Crippen LogP contribution in [0, 0.1) is 0 Å². The molecule has 0 bridgehead atoms. The first-order valence-corrected chi connectivity index (χ1v) is 5.25. The molecule has 2 heterocycles. The van der Waals surface area contributed by atoms with E-state index in [1.54, 1.807) is 18.2 Å². The zero-order valence-electron chi connectivity index (χ0n) is 8.85. The number of carbonyl (C=O) groups excluding carboxylic acids is 1. The van der Waals surface area contributed by atoms with Crippen LogP contribution in [0.5, 0.6) is 0 Å². The monoisotopic (exact) mass is 208 g/mol. The fraction of sp³-hybridized carbons (Fsp3) is 0.545. The molecule has 1 saturated heterocycles. The number of hydrogen-bond donors (Lipinski definition) is 1. The van der Waals surface area contributed by atoms with Crippen molar-refractivity contribution in [3.05, 3.63) is 24.2 Å².